The van der Waals surface area contributed by atoms with Crippen molar-refractivity contribution in [3.8, 4) is 0 Å². The zero-order valence-electron chi connectivity index (χ0n) is 4.88. The van der Waals surface area contributed by atoms with E-state index < -0.39 is 12.3 Å². The van der Waals surface area contributed by atoms with Crippen LogP contribution in [0.25, 0.3) is 0 Å². The third kappa shape index (κ3) is 1.31. The Balaban J connectivity index is 2.39. The van der Waals surface area contributed by atoms with Crippen molar-refractivity contribution in [2.45, 2.75) is 12.6 Å². The van der Waals surface area contributed by atoms with Crippen LogP contribution in [0.15, 0.2) is 0 Å². The minimum Gasteiger partial charge on any atom is -0.465 e. The lowest BCUT2D eigenvalue weighted by molar-refractivity contribution is 0.152. The third-order valence-corrected chi connectivity index (χ3v) is 1.40. The fourth-order valence-corrected chi connectivity index (χ4v) is 0.891. The molecule has 1 saturated heterocycles. The molecule has 1 amide bonds. The molecule has 1 aliphatic rings. The summed E-state index contributed by atoms with van der Waals surface area (Å²) in [7, 11) is 0. The number of alkyl halides is 1. The first-order valence-corrected chi connectivity index (χ1v) is 2.82. The molecule has 9 heavy (non-hydrogen) atoms. The molecule has 0 saturated carbocycles. The summed E-state index contributed by atoms with van der Waals surface area (Å²) >= 11 is 0. The highest BCUT2D eigenvalue weighted by atomic mass is 19.1. The Morgan fingerprint density at radius 3 is 2.67 bits per heavy atom. The third-order valence-electron chi connectivity index (χ3n) is 1.40. The van der Waals surface area contributed by atoms with Crippen molar-refractivity contribution in [2.75, 3.05) is 13.1 Å². The topological polar surface area (TPSA) is 40.5 Å². The van der Waals surface area contributed by atoms with Gasteiger partial charge >= 0.3 is 6.09 Å². The number of hydrogen-bond acceptors (Lipinski definition) is 1. The predicted molar refractivity (Wildman–Crippen MR) is 29.1 cm³/mol. The number of hydrogen-bond donors (Lipinski definition) is 1. The van der Waals surface area contributed by atoms with Crippen molar-refractivity contribution >= 4 is 6.09 Å². The predicted octanol–water partition coefficient (Wildman–Crippen LogP) is 0.708. The van der Waals surface area contributed by atoms with Gasteiger partial charge in [0.15, 0.2) is 0 Å². The zero-order valence-corrected chi connectivity index (χ0v) is 4.88. The number of nitrogens with zero attached hydrogens (tertiary/aromatic N) is 1. The number of carbonyl (C=O) groups is 1. The summed E-state index contributed by atoms with van der Waals surface area (Å²) < 4.78 is 12.2. The van der Waals surface area contributed by atoms with E-state index in [-0.39, 0.29) is 6.54 Å². The minimum atomic E-state index is -1.02. The average molecular weight is 133 g/mol. The monoisotopic (exact) mass is 133 g/mol. The van der Waals surface area contributed by atoms with Crippen LogP contribution in [-0.2, 0) is 0 Å². The van der Waals surface area contributed by atoms with E-state index in [9.17, 15) is 9.18 Å². The van der Waals surface area contributed by atoms with Crippen molar-refractivity contribution in [3.05, 3.63) is 0 Å². The molecule has 0 spiro atoms. The Kier molecular flexibility index (Phi) is 1.55. The van der Waals surface area contributed by atoms with E-state index in [0.717, 1.165) is 4.90 Å². The van der Waals surface area contributed by atoms with Crippen molar-refractivity contribution in [3.63, 3.8) is 0 Å². The van der Waals surface area contributed by atoms with E-state index in [4.69, 9.17) is 5.11 Å². The molecule has 1 rings (SSSR count). The molecule has 1 fully saturated rings. The van der Waals surface area contributed by atoms with Gasteiger partial charge in [0.25, 0.3) is 0 Å². The van der Waals surface area contributed by atoms with Gasteiger partial charge in [-0.2, -0.15) is 0 Å². The van der Waals surface area contributed by atoms with Crippen LogP contribution in [0.5, 0.6) is 0 Å². The van der Waals surface area contributed by atoms with Gasteiger partial charge in [-0.1, -0.05) is 0 Å². The van der Waals surface area contributed by atoms with Gasteiger partial charge in [0.05, 0.1) is 6.54 Å². The average Bonchev–Trinajstić information content (AvgIpc) is 2.14. The standard InChI is InChI=1S/C5H8FNO2/c6-4-1-2-7(3-4)5(8)9/h4H,1-3H2,(H,8,9)/t4-/m0/s1. The van der Waals surface area contributed by atoms with Crippen molar-refractivity contribution in [1.82, 2.24) is 4.90 Å². The molecule has 0 aromatic rings. The second kappa shape index (κ2) is 2.21. The van der Waals surface area contributed by atoms with Gasteiger partial charge in [0, 0.05) is 6.54 Å². The Morgan fingerprint density at radius 1 is 1.78 bits per heavy atom. The molecule has 0 bridgehead atoms. The van der Waals surface area contributed by atoms with Crippen molar-refractivity contribution in [1.29, 1.82) is 0 Å². The maximum atomic E-state index is 12.2. The highest BCUT2D eigenvalue weighted by Gasteiger charge is 2.24. The summed E-state index contributed by atoms with van der Waals surface area (Å²) in [4.78, 5) is 11.2. The Bertz CT molecular complexity index is 128. The fraction of sp³-hybridized carbons (Fsp3) is 0.800. The first-order chi connectivity index (χ1) is 4.20. The van der Waals surface area contributed by atoms with Gasteiger partial charge in [-0.25, -0.2) is 9.18 Å². The Morgan fingerprint density at radius 2 is 2.44 bits per heavy atom. The van der Waals surface area contributed by atoms with Crippen LogP contribution in [-0.4, -0.2) is 35.4 Å². The summed E-state index contributed by atoms with van der Waals surface area (Å²) in [5.74, 6) is 0. The summed E-state index contributed by atoms with van der Waals surface area (Å²) in [5.41, 5.74) is 0. The van der Waals surface area contributed by atoms with E-state index in [0.29, 0.717) is 13.0 Å². The lowest BCUT2D eigenvalue weighted by atomic mass is 10.3. The molecule has 0 aromatic carbocycles. The molecule has 1 aliphatic heterocycles. The minimum absolute atomic E-state index is 0.0509. The molecule has 4 heteroatoms. The number of carboxylic acid groups (broad SMARTS) is 1. The van der Waals surface area contributed by atoms with E-state index in [1.54, 1.807) is 0 Å². The maximum absolute atomic E-state index is 12.2. The summed E-state index contributed by atoms with van der Waals surface area (Å²) in [5, 5.41) is 8.29. The molecular weight excluding hydrogens is 125 g/mol. The largest absolute Gasteiger partial charge is 0.465 e. The second-order valence-corrected chi connectivity index (χ2v) is 2.11. The highest BCUT2D eigenvalue weighted by molar-refractivity contribution is 5.65. The van der Waals surface area contributed by atoms with E-state index in [2.05, 4.69) is 0 Å². The molecule has 52 valence electrons. The summed E-state index contributed by atoms with van der Waals surface area (Å²) in [6.45, 7) is 0.395. The normalized spacial score (nSPS) is 26.8. The number of amides is 1. The second-order valence-electron chi connectivity index (χ2n) is 2.11. The molecule has 0 radical (unpaired) electrons. The van der Waals surface area contributed by atoms with Crippen molar-refractivity contribution in [2.24, 2.45) is 0 Å². The number of halogens is 1. The van der Waals surface area contributed by atoms with Gasteiger partial charge in [0.1, 0.15) is 6.17 Å². The van der Waals surface area contributed by atoms with Crippen molar-refractivity contribution < 1.29 is 14.3 Å². The van der Waals surface area contributed by atoms with E-state index >= 15 is 0 Å². The van der Waals surface area contributed by atoms with Crippen LogP contribution in [0.1, 0.15) is 6.42 Å². The quantitative estimate of drug-likeness (QED) is 0.528. The van der Waals surface area contributed by atoms with Gasteiger partial charge in [-0.05, 0) is 6.42 Å². The van der Waals surface area contributed by atoms with Crippen LogP contribution >= 0.6 is 0 Å². The molecular formula is C5H8FNO2. The SMILES string of the molecule is O=C(O)N1CC[C@H](F)C1. The molecule has 1 heterocycles. The molecule has 1 atom stereocenters. The van der Waals surface area contributed by atoms with E-state index in [1.165, 1.54) is 0 Å². The number of likely N-dealkylation sites (tertiary alicyclic amines) is 1. The van der Waals surface area contributed by atoms with E-state index in [1.807, 2.05) is 0 Å². The summed E-state index contributed by atoms with van der Waals surface area (Å²) in [6.07, 6.45) is -1.61. The van der Waals surface area contributed by atoms with Gasteiger partial charge in [0.2, 0.25) is 0 Å². The van der Waals surface area contributed by atoms with Crippen LogP contribution in [0.3, 0.4) is 0 Å². The molecule has 0 unspecified atom stereocenters. The molecule has 0 aromatic heterocycles. The van der Waals surface area contributed by atoms with Gasteiger partial charge in [-0.15, -0.1) is 0 Å². The van der Waals surface area contributed by atoms with Gasteiger partial charge < -0.3 is 10.0 Å². The van der Waals surface area contributed by atoms with Crippen LogP contribution in [0.2, 0.25) is 0 Å². The molecule has 1 N–H and O–H groups in total. The van der Waals surface area contributed by atoms with Gasteiger partial charge in [-0.3, -0.25) is 0 Å². The highest BCUT2D eigenvalue weighted by Crippen LogP contribution is 2.11. The first kappa shape index (κ1) is 6.32. The summed E-state index contributed by atoms with van der Waals surface area (Å²) in [6, 6.07) is 0. The smallest absolute Gasteiger partial charge is 0.407 e. The number of rotatable bonds is 0. The maximum Gasteiger partial charge on any atom is 0.407 e. The fourth-order valence-electron chi connectivity index (χ4n) is 0.891. The Hall–Kier alpha value is -0.800. The first-order valence-electron chi connectivity index (χ1n) is 2.82. The molecule has 0 aliphatic carbocycles. The lowest BCUT2D eigenvalue weighted by Crippen LogP contribution is -2.26. The zero-order chi connectivity index (χ0) is 6.85. The Labute approximate surface area is 52.1 Å². The molecule has 3 nitrogen and oxygen atoms in total. The van der Waals surface area contributed by atoms with Crippen LogP contribution in [0, 0.1) is 0 Å². The van der Waals surface area contributed by atoms with Crippen LogP contribution in [0.4, 0.5) is 9.18 Å². The lowest BCUT2D eigenvalue weighted by Gasteiger charge is -2.07. The van der Waals surface area contributed by atoms with Crippen LogP contribution < -0.4 is 0 Å².